The Morgan fingerprint density at radius 1 is 1.17 bits per heavy atom. The van der Waals surface area contributed by atoms with Crippen molar-refractivity contribution in [1.82, 2.24) is 0 Å². The van der Waals surface area contributed by atoms with Gasteiger partial charge in [-0.1, -0.05) is 38.9 Å². The fourth-order valence-electron chi connectivity index (χ4n) is 1.61. The lowest BCUT2D eigenvalue weighted by Gasteiger charge is -2.25. The Kier molecular flexibility index (Phi) is 5.98. The van der Waals surface area contributed by atoms with Gasteiger partial charge in [-0.15, -0.1) is 0 Å². The van der Waals surface area contributed by atoms with Crippen molar-refractivity contribution in [2.24, 2.45) is 0 Å². The van der Waals surface area contributed by atoms with Crippen molar-refractivity contribution in [3.63, 3.8) is 0 Å². The summed E-state index contributed by atoms with van der Waals surface area (Å²) in [6.45, 7) is 6.68. The Morgan fingerprint density at radius 3 is 1.83 bits per heavy atom. The molecule has 4 heteroatoms. The molecule has 0 aromatic heterocycles. The van der Waals surface area contributed by atoms with Crippen LogP contribution in [0.25, 0.3) is 0 Å². The second-order valence-corrected chi connectivity index (χ2v) is 10.2. The van der Waals surface area contributed by atoms with Crippen LogP contribution in [0.2, 0.25) is 24.2 Å². The van der Waals surface area contributed by atoms with Crippen LogP contribution in [0.3, 0.4) is 0 Å². The highest BCUT2D eigenvalue weighted by molar-refractivity contribution is 7.38. The fraction of sp³-hybridized carbons (Fsp3) is 1.00. The number of hydrogen-bond acceptors (Lipinski definition) is 1. The molecule has 0 saturated heterocycles. The first-order valence-corrected chi connectivity index (χ1v) is 8.96. The normalized spacial score (nSPS) is 13.2. The van der Waals surface area contributed by atoms with Crippen molar-refractivity contribution in [2.45, 2.75) is 44.9 Å². The minimum atomic E-state index is -1.90. The van der Waals surface area contributed by atoms with Crippen LogP contribution >= 0.6 is 8.03 Å². The molecule has 12 heavy (non-hydrogen) atoms. The molecule has 1 unspecified atom stereocenters. The standard InChI is InChI=1S/C8H19O2PSi/c1-4-12(5-2,6-3)8-7-11(9)10/h4-8H2,1-3H3/p+1. The fourth-order valence-corrected chi connectivity index (χ4v) is 6.84. The van der Waals surface area contributed by atoms with E-state index in [0.717, 1.165) is 6.04 Å². The van der Waals surface area contributed by atoms with Gasteiger partial charge in [-0.2, -0.15) is 4.89 Å². The van der Waals surface area contributed by atoms with Gasteiger partial charge < -0.3 is 0 Å². The average Bonchev–Trinajstić information content (AvgIpc) is 2.08. The molecule has 0 aromatic rings. The molecule has 2 nitrogen and oxygen atoms in total. The Hall–Kier alpha value is 0.277. The third-order valence-corrected chi connectivity index (χ3v) is 9.92. The van der Waals surface area contributed by atoms with Crippen LogP contribution in [-0.2, 0) is 4.57 Å². The lowest BCUT2D eigenvalue weighted by molar-refractivity contribution is 0.504. The van der Waals surface area contributed by atoms with Gasteiger partial charge in [-0.05, 0) is 10.6 Å². The first-order chi connectivity index (χ1) is 5.60. The lowest BCUT2D eigenvalue weighted by Crippen LogP contribution is -2.31. The van der Waals surface area contributed by atoms with E-state index in [-0.39, 0.29) is 0 Å². The molecule has 0 bridgehead atoms. The molecule has 0 rings (SSSR count). The van der Waals surface area contributed by atoms with Gasteiger partial charge in [0.2, 0.25) is 0 Å². The summed E-state index contributed by atoms with van der Waals surface area (Å²) in [5.41, 5.74) is 0. The molecule has 0 aliphatic heterocycles. The summed E-state index contributed by atoms with van der Waals surface area (Å²) in [5.74, 6) is 0. The van der Waals surface area contributed by atoms with Crippen molar-refractivity contribution in [2.75, 3.05) is 6.16 Å². The maximum Gasteiger partial charge on any atom is 0.505 e. The lowest BCUT2D eigenvalue weighted by atomic mass is 10.9. The molecule has 0 aliphatic rings. The van der Waals surface area contributed by atoms with Crippen molar-refractivity contribution in [1.29, 1.82) is 0 Å². The van der Waals surface area contributed by atoms with Gasteiger partial charge in [-0.3, -0.25) is 0 Å². The highest BCUT2D eigenvalue weighted by atomic mass is 31.1. The van der Waals surface area contributed by atoms with E-state index in [1.165, 1.54) is 18.1 Å². The van der Waals surface area contributed by atoms with Crippen molar-refractivity contribution < 1.29 is 9.46 Å². The predicted molar refractivity (Wildman–Crippen MR) is 56.7 cm³/mol. The minimum absolute atomic E-state index is 0.525. The molecular formula is C8H20O2PSi+. The van der Waals surface area contributed by atoms with E-state index in [4.69, 9.17) is 4.89 Å². The Labute approximate surface area is 77.3 Å². The third-order valence-electron chi connectivity index (χ3n) is 3.08. The summed E-state index contributed by atoms with van der Waals surface area (Å²) in [6, 6.07) is 4.79. The van der Waals surface area contributed by atoms with E-state index in [1.54, 1.807) is 0 Å². The summed E-state index contributed by atoms with van der Waals surface area (Å²) in [6.07, 6.45) is 0.525. The van der Waals surface area contributed by atoms with E-state index in [1.807, 2.05) is 0 Å². The second kappa shape index (κ2) is 5.84. The van der Waals surface area contributed by atoms with Crippen LogP contribution in [0.5, 0.6) is 0 Å². The molecule has 0 heterocycles. The second-order valence-electron chi connectivity index (χ2n) is 3.39. The van der Waals surface area contributed by atoms with Gasteiger partial charge in [0.15, 0.2) is 6.16 Å². The Morgan fingerprint density at radius 2 is 1.58 bits per heavy atom. The largest absolute Gasteiger partial charge is 0.505 e. The molecule has 0 fully saturated rings. The van der Waals surface area contributed by atoms with Gasteiger partial charge in [0, 0.05) is 0 Å². The molecular weight excluding hydrogens is 187 g/mol. The predicted octanol–water partition coefficient (Wildman–Crippen LogP) is 3.23. The van der Waals surface area contributed by atoms with Crippen molar-refractivity contribution >= 4 is 16.1 Å². The zero-order valence-corrected chi connectivity index (χ0v) is 10.2. The van der Waals surface area contributed by atoms with Crippen LogP contribution in [0.1, 0.15) is 20.8 Å². The van der Waals surface area contributed by atoms with E-state index in [2.05, 4.69) is 20.8 Å². The van der Waals surface area contributed by atoms with Gasteiger partial charge in [0.05, 0.1) is 8.07 Å². The van der Waals surface area contributed by atoms with Crippen LogP contribution < -0.4 is 0 Å². The van der Waals surface area contributed by atoms with Gasteiger partial charge in [-0.25, -0.2) is 0 Å². The molecule has 0 spiro atoms. The summed E-state index contributed by atoms with van der Waals surface area (Å²) in [5, 5.41) is 0. The Bertz CT molecular complexity index is 138. The van der Waals surface area contributed by atoms with E-state index >= 15 is 0 Å². The minimum Gasteiger partial charge on any atom is -0.161 e. The monoisotopic (exact) mass is 207 g/mol. The maximum absolute atomic E-state index is 10.6. The van der Waals surface area contributed by atoms with E-state index in [0.29, 0.717) is 6.16 Å². The summed E-state index contributed by atoms with van der Waals surface area (Å²) in [4.78, 5) is 8.73. The SMILES string of the molecule is CC[Si](CC)(CC)CC[P+](=O)O. The first kappa shape index (κ1) is 12.3. The number of rotatable bonds is 6. The first-order valence-electron chi connectivity index (χ1n) is 4.73. The van der Waals surface area contributed by atoms with Crippen LogP contribution in [0, 0.1) is 0 Å². The van der Waals surface area contributed by atoms with Crippen LogP contribution in [-0.4, -0.2) is 19.1 Å². The molecule has 0 saturated carbocycles. The summed E-state index contributed by atoms with van der Waals surface area (Å²) in [7, 11) is -3.02. The third kappa shape index (κ3) is 3.79. The summed E-state index contributed by atoms with van der Waals surface area (Å²) < 4.78 is 10.6. The zero-order chi connectivity index (χ0) is 9.61. The van der Waals surface area contributed by atoms with Gasteiger partial charge in [0.25, 0.3) is 0 Å². The van der Waals surface area contributed by atoms with E-state index in [9.17, 15) is 4.57 Å². The zero-order valence-electron chi connectivity index (χ0n) is 8.34. The molecule has 1 N–H and O–H groups in total. The molecule has 0 aliphatic carbocycles. The smallest absolute Gasteiger partial charge is 0.161 e. The van der Waals surface area contributed by atoms with Crippen molar-refractivity contribution in [3.05, 3.63) is 0 Å². The van der Waals surface area contributed by atoms with E-state index < -0.39 is 16.1 Å². The van der Waals surface area contributed by atoms with Crippen LogP contribution in [0.15, 0.2) is 0 Å². The topological polar surface area (TPSA) is 37.3 Å². The highest BCUT2D eigenvalue weighted by Crippen LogP contribution is 2.29. The highest BCUT2D eigenvalue weighted by Gasteiger charge is 2.29. The van der Waals surface area contributed by atoms with Gasteiger partial charge in [0.1, 0.15) is 0 Å². The molecule has 72 valence electrons. The average molecular weight is 207 g/mol. The number of hydrogen-bond donors (Lipinski definition) is 1. The molecule has 1 atom stereocenters. The Balaban J connectivity index is 4.01. The molecule has 0 amide bonds. The maximum atomic E-state index is 10.6. The molecule has 0 radical (unpaired) electrons. The summed E-state index contributed by atoms with van der Waals surface area (Å²) >= 11 is 0. The molecule has 0 aromatic carbocycles. The quantitative estimate of drug-likeness (QED) is 0.536. The van der Waals surface area contributed by atoms with Crippen LogP contribution in [0.4, 0.5) is 0 Å². The van der Waals surface area contributed by atoms with Gasteiger partial charge >= 0.3 is 8.03 Å². The van der Waals surface area contributed by atoms with Crippen molar-refractivity contribution in [3.8, 4) is 0 Å².